The van der Waals surface area contributed by atoms with Crippen molar-refractivity contribution in [3.8, 4) is 0 Å². The van der Waals surface area contributed by atoms with E-state index in [4.69, 9.17) is 5.73 Å². The Bertz CT molecular complexity index is 950. The van der Waals surface area contributed by atoms with Crippen LogP contribution in [0, 0.1) is 6.92 Å². The molecule has 1 aromatic carbocycles. The predicted molar refractivity (Wildman–Crippen MR) is 78.8 cm³/mol. The van der Waals surface area contributed by atoms with Crippen molar-refractivity contribution < 1.29 is 0 Å². The standard InChI is InChI=1S/C14H13N7/c1-9-2-4-11-12(6-9)20(19-17-11)7-10-3-5-14-16-13(15)8-21(14)18-10/h2-6,8H,7,15H2,1H3. The molecule has 4 aromatic rings. The lowest BCUT2D eigenvalue weighted by Crippen LogP contribution is -2.06. The number of aryl methyl sites for hydroxylation is 1. The number of hydrogen-bond donors (Lipinski definition) is 1. The van der Waals surface area contributed by atoms with Crippen molar-refractivity contribution in [2.75, 3.05) is 5.73 Å². The van der Waals surface area contributed by atoms with E-state index in [0.29, 0.717) is 12.4 Å². The Morgan fingerprint density at radius 3 is 3.00 bits per heavy atom. The highest BCUT2D eigenvalue weighted by Crippen LogP contribution is 2.14. The maximum absolute atomic E-state index is 5.67. The molecule has 7 nitrogen and oxygen atoms in total. The summed E-state index contributed by atoms with van der Waals surface area (Å²) in [4.78, 5) is 4.16. The number of hydrogen-bond acceptors (Lipinski definition) is 5. The van der Waals surface area contributed by atoms with Gasteiger partial charge in [0, 0.05) is 0 Å². The van der Waals surface area contributed by atoms with Crippen molar-refractivity contribution in [2.24, 2.45) is 0 Å². The van der Waals surface area contributed by atoms with Crippen LogP contribution in [0.25, 0.3) is 16.7 Å². The molecular weight excluding hydrogens is 266 g/mol. The summed E-state index contributed by atoms with van der Waals surface area (Å²) in [6.07, 6.45) is 1.70. The van der Waals surface area contributed by atoms with Crippen LogP contribution in [0.1, 0.15) is 11.3 Å². The topological polar surface area (TPSA) is 86.9 Å². The molecule has 21 heavy (non-hydrogen) atoms. The van der Waals surface area contributed by atoms with Gasteiger partial charge >= 0.3 is 0 Å². The Labute approximate surface area is 120 Å². The number of nitrogen functional groups attached to an aromatic ring is 1. The zero-order valence-electron chi connectivity index (χ0n) is 11.4. The smallest absolute Gasteiger partial charge is 0.155 e. The number of aromatic nitrogens is 6. The van der Waals surface area contributed by atoms with Gasteiger partial charge in [-0.3, -0.25) is 0 Å². The van der Waals surface area contributed by atoms with E-state index in [9.17, 15) is 0 Å². The van der Waals surface area contributed by atoms with Gasteiger partial charge in [0.05, 0.1) is 24.0 Å². The maximum atomic E-state index is 5.67. The molecule has 7 heteroatoms. The number of rotatable bonds is 2. The Morgan fingerprint density at radius 2 is 2.10 bits per heavy atom. The first-order valence-electron chi connectivity index (χ1n) is 6.60. The number of nitrogens with zero attached hydrogens (tertiary/aromatic N) is 6. The lowest BCUT2D eigenvalue weighted by molar-refractivity contribution is 0.646. The summed E-state index contributed by atoms with van der Waals surface area (Å²) < 4.78 is 3.52. The largest absolute Gasteiger partial charge is 0.382 e. The van der Waals surface area contributed by atoms with E-state index in [0.717, 1.165) is 22.4 Å². The van der Waals surface area contributed by atoms with Gasteiger partial charge in [-0.1, -0.05) is 11.3 Å². The quantitative estimate of drug-likeness (QED) is 0.599. The molecule has 4 rings (SSSR count). The van der Waals surface area contributed by atoms with E-state index in [1.165, 1.54) is 5.56 Å². The number of anilines is 1. The summed E-state index contributed by atoms with van der Waals surface area (Å²) in [7, 11) is 0. The molecule has 0 fully saturated rings. The highest BCUT2D eigenvalue weighted by atomic mass is 15.4. The SMILES string of the molecule is Cc1ccc2nnn(Cc3ccc4nc(N)cn4n3)c2c1. The molecule has 0 unspecified atom stereocenters. The molecule has 3 aromatic heterocycles. The van der Waals surface area contributed by atoms with Crippen LogP contribution in [0.4, 0.5) is 5.82 Å². The number of nitrogens with two attached hydrogens (primary N) is 1. The van der Waals surface area contributed by atoms with E-state index < -0.39 is 0 Å². The minimum atomic E-state index is 0.460. The number of fused-ring (bicyclic) bond motifs is 2. The fourth-order valence-electron chi connectivity index (χ4n) is 2.37. The van der Waals surface area contributed by atoms with Gasteiger partial charge in [-0.15, -0.1) is 5.10 Å². The van der Waals surface area contributed by atoms with E-state index in [-0.39, 0.29) is 0 Å². The first-order chi connectivity index (χ1) is 10.2. The van der Waals surface area contributed by atoms with Crippen LogP contribution in [-0.4, -0.2) is 29.6 Å². The van der Waals surface area contributed by atoms with E-state index in [1.54, 1.807) is 10.7 Å². The summed E-state index contributed by atoms with van der Waals surface area (Å²) in [5, 5.41) is 12.8. The highest BCUT2D eigenvalue weighted by molar-refractivity contribution is 5.75. The molecule has 0 aliphatic carbocycles. The molecule has 0 amide bonds. The number of imidazole rings is 1. The van der Waals surface area contributed by atoms with Crippen LogP contribution in [-0.2, 0) is 6.54 Å². The van der Waals surface area contributed by atoms with Crippen molar-refractivity contribution in [1.82, 2.24) is 29.6 Å². The summed E-state index contributed by atoms with van der Waals surface area (Å²) >= 11 is 0. The van der Waals surface area contributed by atoms with Crippen LogP contribution in [0.2, 0.25) is 0 Å². The average molecular weight is 279 g/mol. The van der Waals surface area contributed by atoms with Gasteiger partial charge < -0.3 is 5.73 Å². The molecule has 0 aliphatic rings. The Balaban J connectivity index is 1.76. The minimum absolute atomic E-state index is 0.460. The Kier molecular flexibility index (Phi) is 2.41. The van der Waals surface area contributed by atoms with Gasteiger partial charge in [-0.2, -0.15) is 5.10 Å². The van der Waals surface area contributed by atoms with Gasteiger partial charge in [-0.05, 0) is 36.8 Å². The van der Waals surface area contributed by atoms with Crippen LogP contribution >= 0.6 is 0 Å². The van der Waals surface area contributed by atoms with Gasteiger partial charge in [0.15, 0.2) is 5.65 Å². The van der Waals surface area contributed by atoms with E-state index in [1.807, 2.05) is 28.9 Å². The Hall–Kier alpha value is -2.96. The van der Waals surface area contributed by atoms with Crippen molar-refractivity contribution >= 4 is 22.5 Å². The van der Waals surface area contributed by atoms with Gasteiger partial charge in [0.2, 0.25) is 0 Å². The van der Waals surface area contributed by atoms with Gasteiger partial charge in [0.1, 0.15) is 11.3 Å². The third kappa shape index (κ3) is 1.99. The normalized spacial score (nSPS) is 11.5. The summed E-state index contributed by atoms with van der Waals surface area (Å²) in [6, 6.07) is 9.89. The monoisotopic (exact) mass is 279 g/mol. The first-order valence-corrected chi connectivity index (χ1v) is 6.60. The van der Waals surface area contributed by atoms with Crippen LogP contribution in [0.5, 0.6) is 0 Å². The zero-order chi connectivity index (χ0) is 14.4. The predicted octanol–water partition coefficient (Wildman–Crippen LogP) is 1.41. The molecule has 0 bridgehead atoms. The first kappa shape index (κ1) is 11.8. The molecule has 3 heterocycles. The fourth-order valence-corrected chi connectivity index (χ4v) is 2.37. The second-order valence-corrected chi connectivity index (χ2v) is 5.03. The molecule has 0 aliphatic heterocycles. The van der Waals surface area contributed by atoms with Crippen molar-refractivity contribution in [3.05, 3.63) is 47.8 Å². The van der Waals surface area contributed by atoms with Crippen LogP contribution in [0.3, 0.4) is 0 Å². The van der Waals surface area contributed by atoms with Crippen LogP contribution in [0.15, 0.2) is 36.5 Å². The maximum Gasteiger partial charge on any atom is 0.155 e. The molecule has 2 N–H and O–H groups in total. The average Bonchev–Trinajstić information content (AvgIpc) is 3.01. The van der Waals surface area contributed by atoms with Crippen molar-refractivity contribution in [3.63, 3.8) is 0 Å². The third-order valence-corrected chi connectivity index (χ3v) is 3.38. The molecule has 0 saturated heterocycles. The Morgan fingerprint density at radius 1 is 1.19 bits per heavy atom. The zero-order valence-corrected chi connectivity index (χ0v) is 11.4. The minimum Gasteiger partial charge on any atom is -0.382 e. The summed E-state index contributed by atoms with van der Waals surface area (Å²) in [5.41, 5.74) is 10.3. The lowest BCUT2D eigenvalue weighted by Gasteiger charge is -2.03. The molecular formula is C14H13N7. The summed E-state index contributed by atoms with van der Waals surface area (Å²) in [5.74, 6) is 0.460. The lowest BCUT2D eigenvalue weighted by atomic mass is 10.2. The highest BCUT2D eigenvalue weighted by Gasteiger charge is 2.07. The second-order valence-electron chi connectivity index (χ2n) is 5.03. The molecule has 0 atom stereocenters. The van der Waals surface area contributed by atoms with Gasteiger partial charge in [-0.25, -0.2) is 14.2 Å². The van der Waals surface area contributed by atoms with Crippen molar-refractivity contribution in [2.45, 2.75) is 13.5 Å². The fraction of sp³-hybridized carbons (Fsp3) is 0.143. The second kappa shape index (κ2) is 4.27. The van der Waals surface area contributed by atoms with Crippen LogP contribution < -0.4 is 5.73 Å². The molecule has 0 radical (unpaired) electrons. The summed E-state index contributed by atoms with van der Waals surface area (Å²) in [6.45, 7) is 2.60. The van der Waals surface area contributed by atoms with E-state index >= 15 is 0 Å². The van der Waals surface area contributed by atoms with E-state index in [2.05, 4.69) is 33.4 Å². The van der Waals surface area contributed by atoms with Gasteiger partial charge in [0.25, 0.3) is 0 Å². The third-order valence-electron chi connectivity index (χ3n) is 3.38. The molecule has 0 saturated carbocycles. The molecule has 104 valence electrons. The number of benzene rings is 1. The van der Waals surface area contributed by atoms with Crippen molar-refractivity contribution in [1.29, 1.82) is 0 Å². The molecule has 0 spiro atoms.